The predicted molar refractivity (Wildman–Crippen MR) is 128 cm³/mol. The van der Waals surface area contributed by atoms with Gasteiger partial charge in [0.1, 0.15) is 11.6 Å². The van der Waals surface area contributed by atoms with Crippen molar-refractivity contribution in [3.63, 3.8) is 0 Å². The Morgan fingerprint density at radius 3 is 2.79 bits per heavy atom. The van der Waals surface area contributed by atoms with Crippen LogP contribution in [0.1, 0.15) is 41.6 Å². The molecule has 0 bridgehead atoms. The highest BCUT2D eigenvalue weighted by Gasteiger charge is 2.41. The molecule has 5 rings (SSSR count). The van der Waals surface area contributed by atoms with Crippen LogP contribution >= 0.6 is 11.8 Å². The maximum absolute atomic E-state index is 14.3. The van der Waals surface area contributed by atoms with Crippen LogP contribution in [0.2, 0.25) is 0 Å². The number of amides is 1. The van der Waals surface area contributed by atoms with E-state index in [2.05, 4.69) is 17.0 Å². The maximum Gasteiger partial charge on any atom is 0.407 e. The lowest BCUT2D eigenvalue weighted by molar-refractivity contribution is 0.119. The number of fused-ring (bicyclic) bond motifs is 2. The monoisotopic (exact) mass is 481 g/mol. The highest BCUT2D eigenvalue weighted by Crippen LogP contribution is 2.47. The zero-order valence-corrected chi connectivity index (χ0v) is 20.1. The van der Waals surface area contributed by atoms with Crippen molar-refractivity contribution in [2.24, 2.45) is 5.41 Å². The van der Waals surface area contributed by atoms with E-state index in [4.69, 9.17) is 9.97 Å². The lowest BCUT2D eigenvalue weighted by atomic mass is 9.63. The van der Waals surface area contributed by atoms with E-state index in [1.807, 2.05) is 12.3 Å². The molecule has 2 heterocycles. The Morgan fingerprint density at radius 1 is 1.26 bits per heavy atom. The number of aromatic nitrogens is 2. The Balaban J connectivity index is 1.45. The van der Waals surface area contributed by atoms with Gasteiger partial charge < -0.3 is 14.9 Å². The molecule has 1 N–H and O–H groups in total. The molecule has 1 aromatic carbocycles. The molecule has 1 amide bonds. The first-order valence-corrected chi connectivity index (χ1v) is 13.0. The second-order valence-electron chi connectivity index (χ2n) is 9.63. The number of carboxylic acid groups (broad SMARTS) is 1. The van der Waals surface area contributed by atoms with Crippen molar-refractivity contribution in [3.8, 4) is 6.07 Å². The predicted octanol–water partition coefficient (Wildman–Crippen LogP) is 4.08. The highest BCUT2D eigenvalue weighted by molar-refractivity contribution is 7.98. The molecule has 1 saturated heterocycles. The minimum absolute atomic E-state index is 0.0838. The minimum atomic E-state index is -0.981. The van der Waals surface area contributed by atoms with E-state index in [0.29, 0.717) is 24.8 Å². The molecule has 1 aliphatic heterocycles. The number of nitrogens with zero attached hydrogens (tertiary/aromatic N) is 5. The smallest absolute Gasteiger partial charge is 0.407 e. The highest BCUT2D eigenvalue weighted by atomic mass is 32.2. The van der Waals surface area contributed by atoms with Gasteiger partial charge in [0.05, 0.1) is 24.2 Å². The molecule has 0 saturated carbocycles. The zero-order chi connectivity index (χ0) is 23.9. The van der Waals surface area contributed by atoms with Gasteiger partial charge in [0.15, 0.2) is 5.16 Å². The summed E-state index contributed by atoms with van der Waals surface area (Å²) in [6.45, 7) is 1.35. The van der Waals surface area contributed by atoms with Crippen molar-refractivity contribution in [1.29, 1.82) is 5.26 Å². The van der Waals surface area contributed by atoms with Crippen LogP contribution in [0.15, 0.2) is 23.4 Å². The molecule has 34 heavy (non-hydrogen) atoms. The van der Waals surface area contributed by atoms with Gasteiger partial charge in [0.2, 0.25) is 0 Å². The third kappa shape index (κ3) is 4.09. The average Bonchev–Trinajstić information content (AvgIpc) is 2.83. The van der Waals surface area contributed by atoms with Crippen molar-refractivity contribution < 1.29 is 14.3 Å². The molecular weight excluding hydrogens is 453 g/mol. The van der Waals surface area contributed by atoms with Crippen LogP contribution in [0, 0.1) is 22.6 Å². The number of hydrogen-bond donors (Lipinski definition) is 1. The molecule has 0 radical (unpaired) electrons. The molecule has 9 heteroatoms. The molecule has 2 atom stereocenters. The van der Waals surface area contributed by atoms with Crippen LogP contribution in [0.25, 0.3) is 0 Å². The Hall–Kier alpha value is -2.86. The number of carbonyl (C=O) groups is 1. The summed E-state index contributed by atoms with van der Waals surface area (Å²) in [5.74, 6) is 0.796. The fourth-order valence-corrected chi connectivity index (χ4v) is 6.34. The number of thioether (sulfide) groups is 1. The Kier molecular flexibility index (Phi) is 6.11. The SMILES string of the molecule is CSc1nc2c(c(N3CCN(C(=O)O)[C@@H](CC#N)C3)n1)CC[C@@]1(CCc3c(F)cccc3C1)C2. The number of nitriles is 1. The van der Waals surface area contributed by atoms with Gasteiger partial charge in [-0.25, -0.2) is 19.2 Å². The molecule has 7 nitrogen and oxygen atoms in total. The van der Waals surface area contributed by atoms with E-state index in [0.717, 1.165) is 66.7 Å². The summed E-state index contributed by atoms with van der Waals surface area (Å²) in [6.07, 6.45) is 6.42. The average molecular weight is 482 g/mol. The summed E-state index contributed by atoms with van der Waals surface area (Å²) >= 11 is 1.51. The molecule has 2 aromatic rings. The van der Waals surface area contributed by atoms with Gasteiger partial charge in [-0.1, -0.05) is 23.9 Å². The number of anilines is 1. The third-order valence-electron chi connectivity index (χ3n) is 7.72. The van der Waals surface area contributed by atoms with Crippen LogP contribution in [-0.2, 0) is 25.7 Å². The fraction of sp³-hybridized carbons (Fsp3) is 0.520. The van der Waals surface area contributed by atoms with E-state index in [-0.39, 0.29) is 23.7 Å². The Labute approximate surface area is 203 Å². The van der Waals surface area contributed by atoms with E-state index >= 15 is 0 Å². The number of piperazine rings is 1. The zero-order valence-electron chi connectivity index (χ0n) is 19.3. The molecule has 3 aliphatic rings. The van der Waals surface area contributed by atoms with Gasteiger partial charge in [0.25, 0.3) is 0 Å². The van der Waals surface area contributed by atoms with Crippen molar-refractivity contribution in [2.45, 2.75) is 56.1 Å². The molecule has 1 spiro atoms. The van der Waals surface area contributed by atoms with Crippen molar-refractivity contribution >= 4 is 23.7 Å². The van der Waals surface area contributed by atoms with Crippen molar-refractivity contribution in [1.82, 2.24) is 14.9 Å². The Bertz CT molecular complexity index is 1170. The molecule has 178 valence electrons. The van der Waals surface area contributed by atoms with Gasteiger partial charge in [-0.3, -0.25) is 0 Å². The van der Waals surface area contributed by atoms with Gasteiger partial charge in [-0.05, 0) is 67.4 Å². The quantitative estimate of drug-likeness (QED) is 0.521. The van der Waals surface area contributed by atoms with Gasteiger partial charge >= 0.3 is 6.09 Å². The molecule has 0 unspecified atom stereocenters. The summed E-state index contributed by atoms with van der Waals surface area (Å²) in [6, 6.07) is 7.19. The summed E-state index contributed by atoms with van der Waals surface area (Å²) in [7, 11) is 0. The largest absolute Gasteiger partial charge is 0.465 e. The summed E-state index contributed by atoms with van der Waals surface area (Å²) in [5.41, 5.74) is 4.29. The van der Waals surface area contributed by atoms with Gasteiger partial charge in [0, 0.05) is 25.2 Å². The second kappa shape index (κ2) is 9.06. The minimum Gasteiger partial charge on any atom is -0.465 e. The number of halogens is 1. The van der Waals surface area contributed by atoms with Crippen molar-refractivity contribution in [3.05, 3.63) is 46.4 Å². The van der Waals surface area contributed by atoms with Crippen LogP contribution in [0.5, 0.6) is 0 Å². The first-order chi connectivity index (χ1) is 16.4. The molecule has 2 aliphatic carbocycles. The number of rotatable bonds is 3. The maximum atomic E-state index is 14.3. The second-order valence-corrected chi connectivity index (χ2v) is 10.4. The van der Waals surface area contributed by atoms with Crippen LogP contribution in [0.3, 0.4) is 0 Å². The van der Waals surface area contributed by atoms with Crippen LogP contribution in [0.4, 0.5) is 15.0 Å². The first-order valence-electron chi connectivity index (χ1n) is 11.7. The number of hydrogen-bond acceptors (Lipinski definition) is 6. The van der Waals surface area contributed by atoms with Gasteiger partial charge in [-0.2, -0.15) is 5.26 Å². The summed E-state index contributed by atoms with van der Waals surface area (Å²) in [5, 5.41) is 19.5. The molecule has 1 fully saturated rings. The van der Waals surface area contributed by atoms with E-state index in [9.17, 15) is 19.6 Å². The number of benzene rings is 1. The van der Waals surface area contributed by atoms with Gasteiger partial charge in [-0.15, -0.1) is 0 Å². The van der Waals surface area contributed by atoms with Crippen molar-refractivity contribution in [2.75, 3.05) is 30.8 Å². The Morgan fingerprint density at radius 2 is 2.06 bits per heavy atom. The third-order valence-corrected chi connectivity index (χ3v) is 8.27. The lowest BCUT2D eigenvalue weighted by Crippen LogP contribution is -2.55. The van der Waals surface area contributed by atoms with Crippen LogP contribution < -0.4 is 4.90 Å². The summed E-state index contributed by atoms with van der Waals surface area (Å²) < 4.78 is 14.3. The standard InChI is InChI=1S/C25H28FN5O2S/c1-34-23-28-21-14-25(8-5-18-16(13-25)3-2-4-20(18)26)9-6-19(21)22(29-23)30-11-12-31(24(32)33)17(15-30)7-10-27/h2-4,17H,5-9,11-15H2,1H3,(H,32,33)/t17-,25+/m0/s1. The van der Waals surface area contributed by atoms with E-state index in [1.165, 1.54) is 16.7 Å². The normalized spacial score (nSPS) is 23.9. The topological polar surface area (TPSA) is 93.4 Å². The molecular formula is C25H28FN5O2S. The fourth-order valence-electron chi connectivity index (χ4n) is 5.96. The van der Waals surface area contributed by atoms with Crippen LogP contribution in [-0.4, -0.2) is 58.0 Å². The van der Waals surface area contributed by atoms with E-state index in [1.54, 1.807) is 6.07 Å². The molecule has 1 aromatic heterocycles. The lowest BCUT2D eigenvalue weighted by Gasteiger charge is -2.44. The first kappa shape index (κ1) is 22.9. The summed E-state index contributed by atoms with van der Waals surface area (Å²) in [4.78, 5) is 24.9. The van der Waals surface area contributed by atoms with E-state index < -0.39 is 6.09 Å².